The summed E-state index contributed by atoms with van der Waals surface area (Å²) in [6.45, 7) is 2.45. The summed E-state index contributed by atoms with van der Waals surface area (Å²) in [7, 11) is 0. The van der Waals surface area contributed by atoms with Gasteiger partial charge in [-0.3, -0.25) is 9.69 Å². The number of hydrogen-bond donors (Lipinski definition) is 2. The van der Waals surface area contributed by atoms with Crippen LogP contribution < -0.4 is 5.32 Å². The second-order valence-electron chi connectivity index (χ2n) is 7.77. The lowest BCUT2D eigenvalue weighted by atomic mass is 9.97. The van der Waals surface area contributed by atoms with Crippen molar-refractivity contribution < 1.29 is 4.79 Å². The van der Waals surface area contributed by atoms with E-state index < -0.39 is 0 Å². The summed E-state index contributed by atoms with van der Waals surface area (Å²) in [5.41, 5.74) is 3.75. The summed E-state index contributed by atoms with van der Waals surface area (Å²) >= 11 is 0. The Kier molecular flexibility index (Phi) is 5.03. The van der Waals surface area contributed by atoms with E-state index in [9.17, 15) is 4.79 Å². The largest absolute Gasteiger partial charge is 0.341 e. The van der Waals surface area contributed by atoms with E-state index in [1.807, 2.05) is 60.8 Å². The maximum absolute atomic E-state index is 12.9. The number of nitrogens with one attached hydrogen (secondary N) is 2. The van der Waals surface area contributed by atoms with Crippen LogP contribution in [0.25, 0.3) is 16.7 Å². The number of carbonyl (C=O) groups is 1. The topological polar surface area (TPSA) is 78.8 Å². The van der Waals surface area contributed by atoms with E-state index in [-0.39, 0.29) is 11.8 Å². The first-order valence-corrected chi connectivity index (χ1v) is 10.3. The number of H-pyrrole nitrogens is 1. The van der Waals surface area contributed by atoms with Crippen molar-refractivity contribution in [3.05, 3.63) is 72.8 Å². The molecule has 1 atom stereocenters. The zero-order valence-electron chi connectivity index (χ0n) is 16.7. The van der Waals surface area contributed by atoms with E-state index in [1.54, 1.807) is 10.9 Å². The molecule has 1 saturated heterocycles. The fourth-order valence-electron chi connectivity index (χ4n) is 4.10. The normalized spacial score (nSPS) is 17.3. The number of amides is 1. The Hall–Kier alpha value is -3.45. The molecule has 3 heterocycles. The summed E-state index contributed by atoms with van der Waals surface area (Å²) in [6, 6.07) is 17.7. The number of imidazole rings is 1. The van der Waals surface area contributed by atoms with Crippen LogP contribution in [0.15, 0.2) is 67.0 Å². The number of para-hydroxylation sites is 2. The molecular formula is C23H24N6O. The SMILES string of the molecule is O=C(Nc1cccc(-n2cccn2)c1)C1CCCN(Cc2nc3ccccc3[nH]2)C1. The number of carbonyl (C=O) groups excluding carboxylic acids is 1. The molecule has 2 aromatic carbocycles. The van der Waals surface area contributed by atoms with Crippen molar-refractivity contribution >= 4 is 22.6 Å². The monoisotopic (exact) mass is 400 g/mol. The number of fused-ring (bicyclic) bond motifs is 1. The molecule has 1 aliphatic heterocycles. The van der Waals surface area contributed by atoms with Crippen molar-refractivity contribution in [1.29, 1.82) is 0 Å². The van der Waals surface area contributed by atoms with Crippen molar-refractivity contribution in [2.45, 2.75) is 19.4 Å². The van der Waals surface area contributed by atoms with Gasteiger partial charge in [-0.2, -0.15) is 5.10 Å². The first-order chi connectivity index (χ1) is 14.7. The second-order valence-corrected chi connectivity index (χ2v) is 7.77. The van der Waals surface area contributed by atoms with Crippen molar-refractivity contribution in [2.75, 3.05) is 18.4 Å². The quantitative estimate of drug-likeness (QED) is 0.537. The Morgan fingerprint density at radius 2 is 2.10 bits per heavy atom. The number of aromatic nitrogens is 4. The fraction of sp³-hybridized carbons (Fsp3) is 0.261. The van der Waals surface area contributed by atoms with Crippen LogP contribution in [0.5, 0.6) is 0 Å². The van der Waals surface area contributed by atoms with Gasteiger partial charge in [0, 0.05) is 24.6 Å². The number of rotatable bonds is 5. The molecule has 0 aliphatic carbocycles. The number of hydrogen-bond acceptors (Lipinski definition) is 4. The van der Waals surface area contributed by atoms with Crippen LogP contribution in [0.3, 0.4) is 0 Å². The zero-order valence-corrected chi connectivity index (χ0v) is 16.7. The maximum Gasteiger partial charge on any atom is 0.228 e. The third kappa shape index (κ3) is 3.97. The predicted octanol–water partition coefficient (Wildman–Crippen LogP) is 3.60. The van der Waals surface area contributed by atoms with Gasteiger partial charge in [-0.05, 0) is 55.8 Å². The molecule has 152 valence electrons. The first-order valence-electron chi connectivity index (χ1n) is 10.3. The predicted molar refractivity (Wildman–Crippen MR) is 116 cm³/mol. The van der Waals surface area contributed by atoms with E-state index >= 15 is 0 Å². The van der Waals surface area contributed by atoms with Gasteiger partial charge in [0.15, 0.2) is 0 Å². The number of piperidine rings is 1. The van der Waals surface area contributed by atoms with E-state index in [4.69, 9.17) is 0 Å². The number of likely N-dealkylation sites (tertiary alicyclic amines) is 1. The Morgan fingerprint density at radius 3 is 2.97 bits per heavy atom. The molecule has 1 amide bonds. The minimum atomic E-state index is -0.0310. The minimum Gasteiger partial charge on any atom is -0.341 e. The third-order valence-electron chi connectivity index (χ3n) is 5.57. The lowest BCUT2D eigenvalue weighted by Crippen LogP contribution is -2.40. The summed E-state index contributed by atoms with van der Waals surface area (Å²) < 4.78 is 1.78. The molecule has 1 unspecified atom stereocenters. The number of aromatic amines is 1. The molecule has 2 aromatic heterocycles. The van der Waals surface area contributed by atoms with Crippen LogP contribution >= 0.6 is 0 Å². The van der Waals surface area contributed by atoms with Crippen LogP contribution in [0, 0.1) is 5.92 Å². The van der Waals surface area contributed by atoms with Gasteiger partial charge in [-0.25, -0.2) is 9.67 Å². The highest BCUT2D eigenvalue weighted by Crippen LogP contribution is 2.22. The maximum atomic E-state index is 12.9. The Bertz CT molecular complexity index is 1120. The lowest BCUT2D eigenvalue weighted by molar-refractivity contribution is -0.121. The van der Waals surface area contributed by atoms with E-state index in [0.717, 1.165) is 60.7 Å². The van der Waals surface area contributed by atoms with Crippen molar-refractivity contribution in [1.82, 2.24) is 24.6 Å². The summed E-state index contributed by atoms with van der Waals surface area (Å²) in [4.78, 5) is 23.3. The van der Waals surface area contributed by atoms with Gasteiger partial charge in [-0.1, -0.05) is 18.2 Å². The summed E-state index contributed by atoms with van der Waals surface area (Å²) in [5.74, 6) is 0.989. The number of benzene rings is 2. The number of nitrogens with zero attached hydrogens (tertiary/aromatic N) is 4. The van der Waals surface area contributed by atoms with E-state index in [0.29, 0.717) is 0 Å². The Balaban J connectivity index is 1.23. The zero-order chi connectivity index (χ0) is 20.3. The molecule has 7 heteroatoms. The molecule has 4 aromatic rings. The minimum absolute atomic E-state index is 0.0310. The molecule has 0 saturated carbocycles. The molecule has 1 fully saturated rings. The first kappa shape index (κ1) is 18.6. The van der Waals surface area contributed by atoms with Crippen LogP contribution in [0.1, 0.15) is 18.7 Å². The highest BCUT2D eigenvalue weighted by Gasteiger charge is 2.26. The average molecular weight is 400 g/mol. The molecule has 0 radical (unpaired) electrons. The van der Waals surface area contributed by atoms with Crippen molar-refractivity contribution in [2.24, 2.45) is 5.92 Å². The molecule has 2 N–H and O–H groups in total. The molecule has 30 heavy (non-hydrogen) atoms. The van der Waals surface area contributed by atoms with Crippen LogP contribution in [0.2, 0.25) is 0 Å². The van der Waals surface area contributed by atoms with E-state index in [2.05, 4.69) is 25.3 Å². The van der Waals surface area contributed by atoms with Gasteiger partial charge in [0.1, 0.15) is 5.82 Å². The van der Waals surface area contributed by atoms with Gasteiger partial charge in [0.25, 0.3) is 0 Å². The van der Waals surface area contributed by atoms with Crippen LogP contribution in [-0.2, 0) is 11.3 Å². The third-order valence-corrected chi connectivity index (χ3v) is 5.57. The average Bonchev–Trinajstić information content (AvgIpc) is 3.44. The molecule has 1 aliphatic rings. The number of anilines is 1. The van der Waals surface area contributed by atoms with Gasteiger partial charge in [0.2, 0.25) is 5.91 Å². The lowest BCUT2D eigenvalue weighted by Gasteiger charge is -2.31. The Morgan fingerprint density at radius 1 is 1.17 bits per heavy atom. The fourth-order valence-corrected chi connectivity index (χ4v) is 4.10. The van der Waals surface area contributed by atoms with E-state index in [1.165, 1.54) is 0 Å². The van der Waals surface area contributed by atoms with Gasteiger partial charge >= 0.3 is 0 Å². The summed E-state index contributed by atoms with van der Waals surface area (Å²) in [6.07, 6.45) is 5.54. The van der Waals surface area contributed by atoms with Gasteiger partial charge in [-0.15, -0.1) is 0 Å². The van der Waals surface area contributed by atoms with Crippen LogP contribution in [0.4, 0.5) is 5.69 Å². The van der Waals surface area contributed by atoms with Gasteiger partial charge in [0.05, 0.1) is 29.2 Å². The van der Waals surface area contributed by atoms with Crippen LogP contribution in [-0.4, -0.2) is 43.6 Å². The second kappa shape index (κ2) is 8.12. The summed E-state index contributed by atoms with van der Waals surface area (Å²) in [5, 5.41) is 7.34. The van der Waals surface area contributed by atoms with Gasteiger partial charge < -0.3 is 10.3 Å². The molecule has 7 nitrogen and oxygen atoms in total. The molecular weight excluding hydrogens is 376 g/mol. The molecule has 5 rings (SSSR count). The standard InChI is InChI=1S/C23H24N6O/c30-23(25-18-7-3-8-19(14-18)29-13-5-11-24-29)17-6-4-12-28(15-17)16-22-26-20-9-1-2-10-21(20)27-22/h1-3,5,7-11,13-14,17H,4,6,12,15-16H2,(H,25,30)(H,26,27). The molecule has 0 spiro atoms. The van der Waals surface area contributed by atoms with Crippen molar-refractivity contribution in [3.8, 4) is 5.69 Å². The van der Waals surface area contributed by atoms with Crippen molar-refractivity contribution in [3.63, 3.8) is 0 Å². The molecule has 0 bridgehead atoms. The Labute approximate surface area is 174 Å². The highest BCUT2D eigenvalue weighted by atomic mass is 16.1. The smallest absolute Gasteiger partial charge is 0.228 e. The highest BCUT2D eigenvalue weighted by molar-refractivity contribution is 5.93.